The lowest BCUT2D eigenvalue weighted by Gasteiger charge is -2.06. The van der Waals surface area contributed by atoms with E-state index in [-0.39, 0.29) is 5.91 Å². The highest BCUT2D eigenvalue weighted by molar-refractivity contribution is 5.80. The van der Waals surface area contributed by atoms with Crippen molar-refractivity contribution in [2.45, 2.75) is 26.7 Å². The van der Waals surface area contributed by atoms with E-state index in [2.05, 4.69) is 36.4 Å². The van der Waals surface area contributed by atoms with E-state index in [1.165, 1.54) is 10.9 Å². The van der Waals surface area contributed by atoms with Crippen molar-refractivity contribution < 1.29 is 4.79 Å². The van der Waals surface area contributed by atoms with E-state index in [0.717, 1.165) is 12.1 Å². The third-order valence-electron chi connectivity index (χ3n) is 3.13. The highest BCUT2D eigenvalue weighted by atomic mass is 16.1. The summed E-state index contributed by atoms with van der Waals surface area (Å²) in [6.45, 7) is 4.78. The molecule has 0 saturated heterocycles. The summed E-state index contributed by atoms with van der Waals surface area (Å²) in [6.07, 6.45) is 5.33. The van der Waals surface area contributed by atoms with Gasteiger partial charge in [0.25, 0.3) is 0 Å². The first-order valence-corrected chi connectivity index (χ1v) is 6.73. The molecule has 102 valence electrons. The minimum absolute atomic E-state index is 0.133. The molecule has 4 nitrogen and oxygen atoms in total. The molecule has 0 aliphatic carbocycles. The summed E-state index contributed by atoms with van der Waals surface area (Å²) in [5.74, 6) is 0.537. The van der Waals surface area contributed by atoms with Crippen LogP contribution in [0.5, 0.6) is 0 Å². The Morgan fingerprint density at radius 3 is 3.00 bits per heavy atom. The van der Waals surface area contributed by atoms with Crippen LogP contribution in [-0.4, -0.2) is 22.0 Å². The molecule has 1 amide bonds. The highest BCUT2D eigenvalue weighted by Crippen LogP contribution is 2.18. The first-order chi connectivity index (χ1) is 9.08. The molecule has 0 aromatic carbocycles. The molecule has 0 radical (unpaired) electrons. The van der Waals surface area contributed by atoms with E-state index in [1.54, 1.807) is 6.20 Å². The number of aryl methyl sites for hydroxylation is 1. The molecule has 0 bridgehead atoms. The Morgan fingerprint density at radius 1 is 1.47 bits per heavy atom. The molecule has 0 unspecified atom stereocenters. The van der Waals surface area contributed by atoms with Crippen LogP contribution in [0.1, 0.15) is 25.8 Å². The van der Waals surface area contributed by atoms with Gasteiger partial charge in [0.05, 0.1) is 0 Å². The minimum atomic E-state index is 0.133. The topological polar surface area (TPSA) is 46.9 Å². The Kier molecular flexibility index (Phi) is 4.20. The number of pyridine rings is 1. The van der Waals surface area contributed by atoms with Crippen molar-refractivity contribution in [2.75, 3.05) is 6.54 Å². The standard InChI is InChI=1S/C15H21N3O/c1-11(2)9-14(19)16-8-6-12-10-18(3)15-13(12)5-4-7-17-15/h4-5,7,10-11H,6,8-9H2,1-3H3,(H,16,19). The number of nitrogens with zero attached hydrogens (tertiary/aromatic N) is 2. The van der Waals surface area contributed by atoms with E-state index in [4.69, 9.17) is 0 Å². The maximum atomic E-state index is 11.6. The lowest BCUT2D eigenvalue weighted by molar-refractivity contribution is -0.121. The molecule has 0 aliphatic heterocycles. The maximum absolute atomic E-state index is 11.6. The normalized spacial score (nSPS) is 11.2. The first kappa shape index (κ1) is 13.6. The number of carbonyl (C=O) groups is 1. The fraction of sp³-hybridized carbons (Fsp3) is 0.467. The van der Waals surface area contributed by atoms with Crippen molar-refractivity contribution in [2.24, 2.45) is 13.0 Å². The maximum Gasteiger partial charge on any atom is 0.220 e. The third-order valence-corrected chi connectivity index (χ3v) is 3.13. The number of rotatable bonds is 5. The highest BCUT2D eigenvalue weighted by Gasteiger charge is 2.08. The number of amides is 1. The second-order valence-electron chi connectivity index (χ2n) is 5.34. The molecule has 19 heavy (non-hydrogen) atoms. The Hall–Kier alpha value is -1.84. The van der Waals surface area contributed by atoms with Crippen LogP contribution >= 0.6 is 0 Å². The molecule has 0 aliphatic rings. The molecule has 2 aromatic heterocycles. The third kappa shape index (κ3) is 3.34. The number of nitrogens with one attached hydrogen (secondary N) is 1. The van der Waals surface area contributed by atoms with Gasteiger partial charge in [0.2, 0.25) is 5.91 Å². The average Bonchev–Trinajstić information content (AvgIpc) is 2.66. The van der Waals surface area contributed by atoms with Gasteiger partial charge < -0.3 is 9.88 Å². The van der Waals surface area contributed by atoms with Crippen molar-refractivity contribution in [1.29, 1.82) is 0 Å². The van der Waals surface area contributed by atoms with Gasteiger partial charge in [-0.15, -0.1) is 0 Å². The molecular weight excluding hydrogens is 238 g/mol. The number of carbonyl (C=O) groups excluding carboxylic acids is 1. The average molecular weight is 259 g/mol. The fourth-order valence-corrected chi connectivity index (χ4v) is 2.27. The smallest absolute Gasteiger partial charge is 0.220 e. The second kappa shape index (κ2) is 5.87. The van der Waals surface area contributed by atoms with Crippen molar-refractivity contribution in [3.8, 4) is 0 Å². The summed E-state index contributed by atoms with van der Waals surface area (Å²) in [5, 5.41) is 4.14. The molecule has 0 fully saturated rings. The van der Waals surface area contributed by atoms with Crippen LogP contribution < -0.4 is 5.32 Å². The molecular formula is C15H21N3O. The molecule has 0 atom stereocenters. The molecule has 2 rings (SSSR count). The second-order valence-corrected chi connectivity index (χ2v) is 5.34. The van der Waals surface area contributed by atoms with Gasteiger partial charge in [0, 0.05) is 37.8 Å². The molecule has 2 heterocycles. The Bertz CT molecular complexity index is 572. The zero-order valence-corrected chi connectivity index (χ0v) is 11.8. The zero-order valence-electron chi connectivity index (χ0n) is 11.8. The summed E-state index contributed by atoms with van der Waals surface area (Å²) < 4.78 is 2.03. The lowest BCUT2D eigenvalue weighted by atomic mass is 10.1. The van der Waals surface area contributed by atoms with Gasteiger partial charge in [-0.25, -0.2) is 4.98 Å². The van der Waals surface area contributed by atoms with Gasteiger partial charge in [-0.3, -0.25) is 4.79 Å². The zero-order chi connectivity index (χ0) is 13.8. The first-order valence-electron chi connectivity index (χ1n) is 6.73. The SMILES string of the molecule is CC(C)CC(=O)NCCc1cn(C)c2ncccc12. The van der Waals surface area contributed by atoms with E-state index >= 15 is 0 Å². The molecule has 2 aromatic rings. The fourth-order valence-electron chi connectivity index (χ4n) is 2.27. The van der Waals surface area contributed by atoms with E-state index < -0.39 is 0 Å². The van der Waals surface area contributed by atoms with Gasteiger partial charge in [0.15, 0.2) is 0 Å². The van der Waals surface area contributed by atoms with Crippen molar-refractivity contribution in [3.63, 3.8) is 0 Å². The molecule has 4 heteroatoms. The van der Waals surface area contributed by atoms with Crippen LogP contribution in [0.2, 0.25) is 0 Å². The molecule has 1 N–H and O–H groups in total. The summed E-state index contributed by atoms with van der Waals surface area (Å²) in [7, 11) is 2.00. The monoisotopic (exact) mass is 259 g/mol. The van der Waals surface area contributed by atoms with Gasteiger partial charge in [-0.05, 0) is 30.0 Å². The van der Waals surface area contributed by atoms with Crippen molar-refractivity contribution in [1.82, 2.24) is 14.9 Å². The van der Waals surface area contributed by atoms with E-state index in [1.807, 2.05) is 17.7 Å². The van der Waals surface area contributed by atoms with Crippen LogP contribution in [0.4, 0.5) is 0 Å². The number of hydrogen-bond donors (Lipinski definition) is 1. The Morgan fingerprint density at radius 2 is 2.26 bits per heavy atom. The van der Waals surface area contributed by atoms with E-state index in [9.17, 15) is 4.79 Å². The number of hydrogen-bond acceptors (Lipinski definition) is 2. The van der Waals surface area contributed by atoms with Crippen molar-refractivity contribution >= 4 is 16.9 Å². The predicted octanol–water partition coefficient (Wildman–Crippen LogP) is 2.28. The quantitative estimate of drug-likeness (QED) is 0.895. The Balaban J connectivity index is 1.97. The van der Waals surface area contributed by atoms with Gasteiger partial charge in [-0.1, -0.05) is 13.8 Å². The van der Waals surface area contributed by atoms with Crippen LogP contribution in [0.25, 0.3) is 11.0 Å². The van der Waals surface area contributed by atoms with Crippen LogP contribution in [-0.2, 0) is 18.3 Å². The van der Waals surface area contributed by atoms with Crippen molar-refractivity contribution in [3.05, 3.63) is 30.1 Å². The molecule has 0 spiro atoms. The predicted molar refractivity (Wildman–Crippen MR) is 76.9 cm³/mol. The summed E-state index contributed by atoms with van der Waals surface area (Å²) in [5.41, 5.74) is 2.22. The lowest BCUT2D eigenvalue weighted by Crippen LogP contribution is -2.26. The summed E-state index contributed by atoms with van der Waals surface area (Å²) in [4.78, 5) is 15.9. The molecule has 0 saturated carbocycles. The Labute approximate surface area is 113 Å². The van der Waals surface area contributed by atoms with Crippen LogP contribution in [0.15, 0.2) is 24.5 Å². The van der Waals surface area contributed by atoms with Crippen LogP contribution in [0.3, 0.4) is 0 Å². The van der Waals surface area contributed by atoms with Gasteiger partial charge in [-0.2, -0.15) is 0 Å². The largest absolute Gasteiger partial charge is 0.356 e. The van der Waals surface area contributed by atoms with Crippen LogP contribution in [0, 0.1) is 5.92 Å². The number of fused-ring (bicyclic) bond motifs is 1. The van der Waals surface area contributed by atoms with Gasteiger partial charge in [0.1, 0.15) is 5.65 Å². The van der Waals surface area contributed by atoms with E-state index in [0.29, 0.717) is 18.9 Å². The number of aromatic nitrogens is 2. The minimum Gasteiger partial charge on any atom is -0.356 e. The van der Waals surface area contributed by atoms with Gasteiger partial charge >= 0.3 is 0 Å². The summed E-state index contributed by atoms with van der Waals surface area (Å²) in [6, 6.07) is 4.02. The summed E-state index contributed by atoms with van der Waals surface area (Å²) >= 11 is 0.